The predicted molar refractivity (Wildman–Crippen MR) is 145 cm³/mol. The van der Waals surface area contributed by atoms with Crippen LogP contribution >= 0.6 is 23.4 Å². The number of carbonyl (C=O) groups is 4. The molecule has 0 bridgehead atoms. The number of halogens is 1. The van der Waals surface area contributed by atoms with Crippen LogP contribution in [0.4, 0.5) is 11.4 Å². The zero-order valence-electron chi connectivity index (χ0n) is 20.7. The molecule has 0 saturated heterocycles. The number of rotatable bonds is 8. The van der Waals surface area contributed by atoms with Gasteiger partial charge < -0.3 is 14.8 Å². The first-order chi connectivity index (χ1) is 18.2. The number of imide groups is 1. The van der Waals surface area contributed by atoms with Gasteiger partial charge >= 0.3 is 11.9 Å². The van der Waals surface area contributed by atoms with Gasteiger partial charge in [0.1, 0.15) is 10.6 Å². The number of hydrogen-bond acceptors (Lipinski definition) is 8. The lowest BCUT2D eigenvalue weighted by molar-refractivity contribution is -0.120. The average molecular weight is 551 g/mol. The van der Waals surface area contributed by atoms with Crippen molar-refractivity contribution in [3.8, 4) is 0 Å². The average Bonchev–Trinajstić information content (AvgIpc) is 3.13. The van der Waals surface area contributed by atoms with Gasteiger partial charge in [-0.25, -0.2) is 14.5 Å². The number of esters is 2. The van der Waals surface area contributed by atoms with Gasteiger partial charge in [0.15, 0.2) is 0 Å². The van der Waals surface area contributed by atoms with Crippen LogP contribution in [0.3, 0.4) is 0 Å². The molecule has 0 aliphatic carbocycles. The fourth-order valence-electron chi connectivity index (χ4n) is 3.55. The Morgan fingerprint density at radius 2 is 1.42 bits per heavy atom. The lowest BCUT2D eigenvalue weighted by Gasteiger charge is -2.16. The summed E-state index contributed by atoms with van der Waals surface area (Å²) in [6, 6.07) is 19.2. The van der Waals surface area contributed by atoms with E-state index in [1.165, 1.54) is 31.4 Å². The number of nitrogens with one attached hydrogen (secondary N) is 1. The molecule has 0 fully saturated rings. The van der Waals surface area contributed by atoms with E-state index < -0.39 is 23.8 Å². The van der Waals surface area contributed by atoms with Crippen LogP contribution in [0.5, 0.6) is 0 Å². The third kappa shape index (κ3) is 5.90. The minimum absolute atomic E-state index is 0.0732. The van der Waals surface area contributed by atoms with E-state index in [-0.39, 0.29) is 16.7 Å². The molecule has 0 radical (unpaired) electrons. The van der Waals surface area contributed by atoms with Crippen molar-refractivity contribution in [3.63, 3.8) is 0 Å². The first-order valence-corrected chi connectivity index (χ1v) is 12.7. The smallest absolute Gasteiger partial charge is 0.338 e. The normalized spacial score (nSPS) is 13.2. The molecular formula is C28H23ClN2O6S. The lowest BCUT2D eigenvalue weighted by atomic mass is 10.2. The van der Waals surface area contributed by atoms with Crippen LogP contribution in [0.1, 0.15) is 34.6 Å². The van der Waals surface area contributed by atoms with E-state index in [0.717, 1.165) is 16.7 Å². The Bertz CT molecular complexity index is 1420. The number of hydrogen-bond donors (Lipinski definition) is 1. The third-order valence-corrected chi connectivity index (χ3v) is 6.70. The zero-order valence-corrected chi connectivity index (χ0v) is 22.3. The Morgan fingerprint density at radius 1 is 0.842 bits per heavy atom. The number of methoxy groups -OCH3 is 1. The van der Waals surface area contributed by atoms with Crippen LogP contribution < -0.4 is 10.2 Å². The Kier molecular flexibility index (Phi) is 8.19. The van der Waals surface area contributed by atoms with Crippen molar-refractivity contribution in [1.82, 2.24) is 0 Å². The lowest BCUT2D eigenvalue weighted by Crippen LogP contribution is -2.32. The maximum absolute atomic E-state index is 13.5. The summed E-state index contributed by atoms with van der Waals surface area (Å²) in [4.78, 5) is 53.0. The maximum atomic E-state index is 13.5. The second-order valence-corrected chi connectivity index (χ2v) is 9.92. The first-order valence-electron chi connectivity index (χ1n) is 11.5. The van der Waals surface area contributed by atoms with Gasteiger partial charge in [-0.1, -0.05) is 23.4 Å². The molecule has 1 aliphatic rings. The minimum Gasteiger partial charge on any atom is -0.465 e. The van der Waals surface area contributed by atoms with Crippen LogP contribution in [0.15, 0.2) is 88.3 Å². The summed E-state index contributed by atoms with van der Waals surface area (Å²) in [7, 11) is 1.29. The van der Waals surface area contributed by atoms with Crippen LogP contribution in [0.2, 0.25) is 5.02 Å². The number of amides is 2. The number of carbonyl (C=O) groups excluding carboxylic acids is 4. The Hall–Kier alpha value is -4.08. The van der Waals surface area contributed by atoms with Gasteiger partial charge in [-0.3, -0.25) is 9.59 Å². The van der Waals surface area contributed by atoms with Gasteiger partial charge in [0, 0.05) is 15.6 Å². The molecule has 0 aromatic heterocycles. The molecule has 38 heavy (non-hydrogen) atoms. The molecule has 1 N–H and O–H groups in total. The summed E-state index contributed by atoms with van der Waals surface area (Å²) in [5.74, 6) is -2.09. The molecule has 1 heterocycles. The van der Waals surface area contributed by atoms with Gasteiger partial charge in [-0.05, 0) is 86.6 Å². The molecule has 3 aromatic rings. The second kappa shape index (κ2) is 11.5. The standard InChI is InChI=1S/C28H23ClN2O6S/c1-16(2)37-28(35)18-6-12-21(13-7-18)31-25(32)23(30-20-10-4-17(5-11-20)27(34)36-3)24(26(31)33)38-22-14-8-19(29)9-15-22/h4-16,30H,1-3H3. The largest absolute Gasteiger partial charge is 0.465 e. The fraction of sp³-hybridized carbons (Fsp3) is 0.143. The topological polar surface area (TPSA) is 102 Å². The van der Waals surface area contributed by atoms with E-state index >= 15 is 0 Å². The van der Waals surface area contributed by atoms with Crippen LogP contribution in [-0.2, 0) is 19.1 Å². The van der Waals surface area contributed by atoms with Crippen molar-refractivity contribution in [2.45, 2.75) is 24.8 Å². The quantitative estimate of drug-likeness (QED) is 0.282. The van der Waals surface area contributed by atoms with Gasteiger partial charge in [-0.15, -0.1) is 0 Å². The van der Waals surface area contributed by atoms with E-state index in [1.807, 2.05) is 0 Å². The van der Waals surface area contributed by atoms with Crippen LogP contribution in [-0.4, -0.2) is 37.0 Å². The molecular weight excluding hydrogens is 528 g/mol. The fourth-order valence-corrected chi connectivity index (χ4v) is 4.60. The molecule has 4 rings (SSSR count). The molecule has 3 aromatic carbocycles. The van der Waals surface area contributed by atoms with E-state index in [0.29, 0.717) is 32.4 Å². The van der Waals surface area contributed by atoms with Gasteiger partial charge in [0.2, 0.25) is 0 Å². The molecule has 0 unspecified atom stereocenters. The Labute approximate surface area is 228 Å². The highest BCUT2D eigenvalue weighted by Gasteiger charge is 2.40. The zero-order chi connectivity index (χ0) is 27.4. The monoisotopic (exact) mass is 550 g/mol. The maximum Gasteiger partial charge on any atom is 0.338 e. The van der Waals surface area contributed by atoms with Crippen LogP contribution in [0, 0.1) is 0 Å². The molecule has 0 atom stereocenters. The molecule has 194 valence electrons. The highest BCUT2D eigenvalue weighted by molar-refractivity contribution is 8.04. The van der Waals surface area contributed by atoms with Crippen LogP contribution in [0.25, 0.3) is 0 Å². The van der Waals surface area contributed by atoms with Crippen molar-refractivity contribution in [1.29, 1.82) is 0 Å². The summed E-state index contributed by atoms with van der Waals surface area (Å²) in [6.45, 7) is 3.49. The number of anilines is 2. The molecule has 1 aliphatic heterocycles. The number of ether oxygens (including phenoxy) is 2. The molecule has 8 nitrogen and oxygen atoms in total. The van der Waals surface area contributed by atoms with Crippen molar-refractivity contribution in [3.05, 3.63) is 99.5 Å². The van der Waals surface area contributed by atoms with Crippen molar-refractivity contribution < 1.29 is 28.7 Å². The SMILES string of the molecule is COC(=O)c1ccc(NC2=C(Sc3ccc(Cl)cc3)C(=O)N(c3ccc(C(=O)OC(C)C)cc3)C2=O)cc1. The van der Waals surface area contributed by atoms with Crippen molar-refractivity contribution >= 4 is 58.5 Å². The highest BCUT2D eigenvalue weighted by Crippen LogP contribution is 2.38. The summed E-state index contributed by atoms with van der Waals surface area (Å²) in [6.07, 6.45) is -0.282. The van der Waals surface area contributed by atoms with Crippen molar-refractivity contribution in [2.75, 3.05) is 17.3 Å². The Balaban J connectivity index is 1.66. The first kappa shape index (κ1) is 27.0. The van der Waals surface area contributed by atoms with E-state index in [1.54, 1.807) is 62.4 Å². The summed E-state index contributed by atoms with van der Waals surface area (Å²) in [5, 5.41) is 3.57. The molecule has 2 amide bonds. The predicted octanol–water partition coefficient (Wildman–Crippen LogP) is 5.68. The van der Waals surface area contributed by atoms with E-state index in [2.05, 4.69) is 5.32 Å². The summed E-state index contributed by atoms with van der Waals surface area (Å²) in [5.41, 5.74) is 1.51. The minimum atomic E-state index is -0.569. The second-order valence-electron chi connectivity index (χ2n) is 8.40. The molecule has 0 saturated carbocycles. The summed E-state index contributed by atoms with van der Waals surface area (Å²) < 4.78 is 9.92. The van der Waals surface area contributed by atoms with Gasteiger partial charge in [0.25, 0.3) is 11.8 Å². The molecule has 10 heteroatoms. The van der Waals surface area contributed by atoms with E-state index in [4.69, 9.17) is 21.1 Å². The third-order valence-electron chi connectivity index (χ3n) is 5.35. The van der Waals surface area contributed by atoms with Gasteiger partial charge in [0.05, 0.1) is 30.0 Å². The molecule has 0 spiro atoms. The van der Waals surface area contributed by atoms with E-state index in [9.17, 15) is 19.2 Å². The van der Waals surface area contributed by atoms with Crippen molar-refractivity contribution in [2.24, 2.45) is 0 Å². The summed E-state index contributed by atoms with van der Waals surface area (Å²) >= 11 is 7.12. The number of thioether (sulfide) groups is 1. The Morgan fingerprint density at radius 3 is 2.00 bits per heavy atom. The van der Waals surface area contributed by atoms with Gasteiger partial charge in [-0.2, -0.15) is 0 Å². The number of nitrogens with zero attached hydrogens (tertiary/aromatic N) is 1. The highest BCUT2D eigenvalue weighted by atomic mass is 35.5. The number of benzene rings is 3.